The first-order valence-corrected chi connectivity index (χ1v) is 30.2. The maximum absolute atomic E-state index is 12.4. The summed E-state index contributed by atoms with van der Waals surface area (Å²) in [6.45, 7) is 19.2. The van der Waals surface area contributed by atoms with Gasteiger partial charge in [0.15, 0.2) is 0 Å². The van der Waals surface area contributed by atoms with Crippen LogP contribution < -0.4 is 0 Å². The van der Waals surface area contributed by atoms with E-state index in [0.29, 0.717) is 0 Å². The number of rotatable bonds is 44. The van der Waals surface area contributed by atoms with Crippen molar-refractivity contribution in [3.63, 3.8) is 0 Å². The molecule has 0 fully saturated rings. The molecule has 0 aromatic heterocycles. The van der Waals surface area contributed by atoms with Crippen molar-refractivity contribution in [3.8, 4) is 0 Å². The molecule has 0 saturated carbocycles. The van der Waals surface area contributed by atoms with Gasteiger partial charge in [-0.25, -0.2) is 4.70 Å². The summed E-state index contributed by atoms with van der Waals surface area (Å²) >= 11 is 0. The SMILES string of the molecule is CCCCCCCCCCCCCCCCCCCCCCCCCCC1=C(c2cccc(CCCCCCCC)c2)[N+](=[N-])C(c2cccc(CCCCCCCC)c2)=C1CCCC.[CH2-]C.[CH2-]C.[Ni+2]. The topological polar surface area (TPSA) is 25.3 Å². The van der Waals surface area contributed by atoms with E-state index in [2.05, 4.69) is 90.1 Å². The second-order valence-electron chi connectivity index (χ2n) is 20.4. The molecule has 2 aromatic rings. The number of hydrogen-bond donors (Lipinski definition) is 0. The fourth-order valence-corrected chi connectivity index (χ4v) is 10.4. The van der Waals surface area contributed by atoms with E-state index < -0.39 is 0 Å². The second-order valence-corrected chi connectivity index (χ2v) is 20.4. The van der Waals surface area contributed by atoms with Crippen molar-refractivity contribution in [2.45, 2.75) is 311 Å². The summed E-state index contributed by atoms with van der Waals surface area (Å²) in [5.41, 5.74) is 22.5. The number of aryl methyl sites for hydroxylation is 2. The normalized spacial score (nSPS) is 12.3. The first kappa shape index (κ1) is 67.0. The second kappa shape index (κ2) is 49.6. The molecule has 2 nitrogen and oxygen atoms in total. The van der Waals surface area contributed by atoms with Gasteiger partial charge in [-0.05, 0) is 86.8 Å². The van der Waals surface area contributed by atoms with Crippen molar-refractivity contribution in [2.24, 2.45) is 0 Å². The molecule has 3 heteroatoms. The Labute approximate surface area is 442 Å². The molecule has 0 amide bonds. The van der Waals surface area contributed by atoms with E-state index in [1.807, 2.05) is 0 Å². The molecule has 0 aliphatic carbocycles. The predicted octanol–water partition coefficient (Wildman–Crippen LogP) is 23.3. The van der Waals surface area contributed by atoms with Crippen LogP contribution in [0, 0.1) is 13.8 Å². The third kappa shape index (κ3) is 32.0. The molecule has 0 atom stereocenters. The summed E-state index contributed by atoms with van der Waals surface area (Å²) in [4.78, 5) is 0. The molecule has 0 bridgehead atoms. The van der Waals surface area contributed by atoms with E-state index in [9.17, 15) is 5.53 Å². The number of benzene rings is 2. The van der Waals surface area contributed by atoms with Crippen molar-refractivity contribution >= 4 is 11.4 Å². The zero-order valence-corrected chi connectivity index (χ0v) is 47.9. The first-order chi connectivity index (χ1) is 33.6. The van der Waals surface area contributed by atoms with Gasteiger partial charge in [0.25, 0.3) is 0 Å². The van der Waals surface area contributed by atoms with Gasteiger partial charge in [0, 0.05) is 22.3 Å². The van der Waals surface area contributed by atoms with Crippen LogP contribution in [0.1, 0.15) is 321 Å². The van der Waals surface area contributed by atoms with Gasteiger partial charge in [-0.1, -0.05) is 270 Å². The Balaban J connectivity index is 0.00000900. The summed E-state index contributed by atoms with van der Waals surface area (Å²) in [5, 5.41) is 0. The quantitative estimate of drug-likeness (QED) is 0.0274. The fraction of sp³-hybridized carbons (Fsp3) is 0.727. The number of unbranched alkanes of at least 4 members (excludes halogenated alkanes) is 34. The molecule has 0 radical (unpaired) electrons. The minimum Gasteiger partial charge on any atom is -0.493 e. The number of nitrogens with zero attached hydrogens (tertiary/aromatic N) is 2. The Morgan fingerprint density at radius 1 is 0.319 bits per heavy atom. The van der Waals surface area contributed by atoms with Crippen LogP contribution in [0.4, 0.5) is 0 Å². The molecule has 0 saturated heterocycles. The number of hydrogen-bond acceptors (Lipinski definition) is 0. The zero-order chi connectivity index (χ0) is 49.6. The van der Waals surface area contributed by atoms with Crippen LogP contribution in [0.2, 0.25) is 0 Å². The molecule has 0 unspecified atom stereocenters. The van der Waals surface area contributed by atoms with Crippen molar-refractivity contribution in [3.05, 3.63) is 101 Å². The molecule has 2 aromatic carbocycles. The summed E-state index contributed by atoms with van der Waals surface area (Å²) < 4.78 is 1.63. The molecule has 1 heterocycles. The smallest absolute Gasteiger partial charge is 0.493 e. The van der Waals surface area contributed by atoms with E-state index in [4.69, 9.17) is 0 Å². The van der Waals surface area contributed by atoms with E-state index in [-0.39, 0.29) is 16.5 Å². The van der Waals surface area contributed by atoms with Crippen LogP contribution in [-0.4, -0.2) is 4.70 Å². The van der Waals surface area contributed by atoms with Crippen molar-refractivity contribution in [1.29, 1.82) is 0 Å². The molecule has 3 rings (SSSR count). The molecule has 0 spiro atoms. The van der Waals surface area contributed by atoms with Crippen LogP contribution in [0.3, 0.4) is 0 Å². The van der Waals surface area contributed by atoms with Gasteiger partial charge >= 0.3 is 16.5 Å². The molecule has 398 valence electrons. The Bertz CT molecular complexity index is 1520. The van der Waals surface area contributed by atoms with Crippen LogP contribution >= 0.6 is 0 Å². The van der Waals surface area contributed by atoms with Crippen LogP contribution in [-0.2, 0) is 29.3 Å². The van der Waals surface area contributed by atoms with Gasteiger partial charge in [0.05, 0.1) is 0 Å². The average molecular weight is 994 g/mol. The maximum Gasteiger partial charge on any atom is 2.00 e. The summed E-state index contributed by atoms with van der Waals surface area (Å²) in [6, 6.07) is 18.4. The standard InChI is InChI=1S/C62H104N2.2C2H5.Ni/c1-5-9-13-16-19-20-21-22-23-24-25-26-27-28-29-30-31-32-33-34-35-36-39-42-52-60-59(51-12-8-4)61(57-49-43-47-55(53-57)45-40-37-17-14-10-6-2)64(63)62(60)58-50-44-48-56(54-58)46-41-38-18-15-11-7-3;2*1-2;/h43-44,47-50,53-54H,5-42,45-46,51-52H2,1-4H3;2*1H2,2H3;/q;2*-1;+2. The van der Waals surface area contributed by atoms with E-state index in [1.54, 1.807) is 18.5 Å². The van der Waals surface area contributed by atoms with E-state index >= 15 is 0 Å². The fourth-order valence-electron chi connectivity index (χ4n) is 10.4. The third-order valence-electron chi connectivity index (χ3n) is 14.5. The van der Waals surface area contributed by atoms with Crippen LogP contribution in [0.15, 0.2) is 59.7 Å². The van der Waals surface area contributed by atoms with Gasteiger partial charge in [-0.15, -0.1) is 0 Å². The molecular formula is C66H114N2Ni. The molecular weight excluding hydrogens is 879 g/mol. The maximum atomic E-state index is 12.4. The molecule has 1 aliphatic rings. The number of allylic oxidation sites excluding steroid dienone is 2. The molecule has 69 heavy (non-hydrogen) atoms. The first-order valence-electron chi connectivity index (χ1n) is 30.2. The Morgan fingerprint density at radius 2 is 0.551 bits per heavy atom. The van der Waals surface area contributed by atoms with E-state index in [1.165, 1.54) is 265 Å². The van der Waals surface area contributed by atoms with Crippen LogP contribution in [0.5, 0.6) is 0 Å². The molecule has 1 aliphatic heterocycles. The third-order valence-corrected chi connectivity index (χ3v) is 14.5. The van der Waals surface area contributed by atoms with E-state index in [0.717, 1.165) is 49.9 Å². The van der Waals surface area contributed by atoms with Crippen LogP contribution in [0.25, 0.3) is 16.9 Å². The minimum atomic E-state index is 0. The predicted molar refractivity (Wildman–Crippen MR) is 307 cm³/mol. The Morgan fingerprint density at radius 3 is 0.826 bits per heavy atom. The summed E-state index contributed by atoms with van der Waals surface area (Å²) in [7, 11) is 0. The van der Waals surface area contributed by atoms with Crippen molar-refractivity contribution in [1.82, 2.24) is 0 Å². The van der Waals surface area contributed by atoms with Crippen molar-refractivity contribution in [2.75, 3.05) is 0 Å². The Hall–Kier alpha value is -1.99. The van der Waals surface area contributed by atoms with Crippen molar-refractivity contribution < 1.29 is 21.2 Å². The minimum absolute atomic E-state index is 0. The summed E-state index contributed by atoms with van der Waals surface area (Å²) in [6.07, 6.45) is 56.6. The van der Waals surface area contributed by atoms with Gasteiger partial charge in [0.1, 0.15) is 0 Å². The van der Waals surface area contributed by atoms with Gasteiger partial charge in [0.2, 0.25) is 11.4 Å². The average Bonchev–Trinajstić information content (AvgIpc) is 3.65. The zero-order valence-electron chi connectivity index (χ0n) is 46.9. The van der Waals surface area contributed by atoms with Gasteiger partial charge in [-0.2, -0.15) is 13.8 Å². The molecule has 0 N–H and O–H groups in total. The largest absolute Gasteiger partial charge is 2.00 e. The Kier molecular flexibility index (Phi) is 48.2. The monoisotopic (exact) mass is 993 g/mol. The summed E-state index contributed by atoms with van der Waals surface area (Å²) in [5.74, 6) is 0. The van der Waals surface area contributed by atoms with Gasteiger partial charge in [-0.3, -0.25) is 0 Å². The van der Waals surface area contributed by atoms with Gasteiger partial charge < -0.3 is 19.4 Å².